The molecule has 1 heterocycles. The summed E-state index contributed by atoms with van der Waals surface area (Å²) in [5, 5.41) is 4.15. The lowest BCUT2D eigenvalue weighted by molar-refractivity contribution is 0.0942. The summed E-state index contributed by atoms with van der Waals surface area (Å²) in [6, 6.07) is 0.0526. The monoisotopic (exact) mass is 186 g/mol. The van der Waals surface area contributed by atoms with Crippen molar-refractivity contribution in [2.45, 2.75) is 19.9 Å². The summed E-state index contributed by atoms with van der Waals surface area (Å²) in [6.45, 7) is 3.69. The van der Waals surface area contributed by atoms with Crippen molar-refractivity contribution in [1.82, 2.24) is 9.69 Å². The molecular formula is C7H10N2O2S. The maximum atomic E-state index is 11.2. The van der Waals surface area contributed by atoms with E-state index in [9.17, 15) is 9.59 Å². The van der Waals surface area contributed by atoms with E-state index in [1.54, 1.807) is 0 Å². The van der Waals surface area contributed by atoms with Gasteiger partial charge in [-0.05, 0) is 13.8 Å². The average molecular weight is 186 g/mol. The Balaban J connectivity index is 2.79. The molecule has 0 fully saturated rings. The van der Waals surface area contributed by atoms with E-state index >= 15 is 0 Å². The zero-order chi connectivity index (χ0) is 9.14. The minimum atomic E-state index is -0.321. The van der Waals surface area contributed by atoms with Gasteiger partial charge in [-0.15, -0.1) is 0 Å². The number of amides is 1. The molecule has 0 atom stereocenters. The molecule has 0 saturated carbocycles. The number of H-pyrrole nitrogens is 1. The molecule has 2 N–H and O–H groups in total. The molecular weight excluding hydrogens is 176 g/mol. The molecule has 0 saturated heterocycles. The molecule has 0 bridgehead atoms. The van der Waals surface area contributed by atoms with Gasteiger partial charge in [0.2, 0.25) is 0 Å². The molecule has 0 unspecified atom stereocenters. The van der Waals surface area contributed by atoms with E-state index in [2.05, 4.69) is 9.69 Å². The van der Waals surface area contributed by atoms with Crippen molar-refractivity contribution >= 4 is 17.4 Å². The van der Waals surface area contributed by atoms with E-state index in [-0.39, 0.29) is 23.1 Å². The van der Waals surface area contributed by atoms with Crippen LogP contribution in [0.4, 0.5) is 0 Å². The minimum absolute atomic E-state index is 0.0526. The van der Waals surface area contributed by atoms with Crippen LogP contribution in [-0.2, 0) is 0 Å². The van der Waals surface area contributed by atoms with Gasteiger partial charge in [-0.1, -0.05) is 11.5 Å². The van der Waals surface area contributed by atoms with Gasteiger partial charge in [0, 0.05) is 11.4 Å². The van der Waals surface area contributed by atoms with Crippen LogP contribution in [0.1, 0.15) is 24.2 Å². The summed E-state index contributed by atoms with van der Waals surface area (Å²) in [4.78, 5) is 22.1. The number of hydrogen-bond acceptors (Lipinski definition) is 3. The van der Waals surface area contributed by atoms with Crippen LogP contribution >= 0.6 is 11.5 Å². The molecule has 1 rings (SSSR count). The lowest BCUT2D eigenvalue weighted by Crippen LogP contribution is -2.32. The fraction of sp³-hybridized carbons (Fsp3) is 0.429. The highest BCUT2D eigenvalue weighted by molar-refractivity contribution is 7.03. The molecule has 0 aliphatic carbocycles. The summed E-state index contributed by atoms with van der Waals surface area (Å²) in [6.07, 6.45) is 0. The van der Waals surface area contributed by atoms with Crippen molar-refractivity contribution in [2.24, 2.45) is 0 Å². The zero-order valence-electron chi connectivity index (χ0n) is 6.88. The lowest BCUT2D eigenvalue weighted by Gasteiger charge is -2.04. The van der Waals surface area contributed by atoms with Gasteiger partial charge in [-0.25, -0.2) is 0 Å². The Bertz CT molecular complexity index is 326. The van der Waals surface area contributed by atoms with Gasteiger partial charge in [-0.3, -0.25) is 14.0 Å². The second-order valence-corrected chi connectivity index (χ2v) is 3.38. The molecule has 0 aliphatic heterocycles. The van der Waals surface area contributed by atoms with Crippen molar-refractivity contribution in [3.05, 3.63) is 21.3 Å². The van der Waals surface area contributed by atoms with Gasteiger partial charge in [-0.2, -0.15) is 0 Å². The number of aromatic nitrogens is 1. The van der Waals surface area contributed by atoms with Crippen LogP contribution in [0.15, 0.2) is 10.2 Å². The number of carbonyl (C=O) groups is 1. The Morgan fingerprint density at radius 1 is 1.67 bits per heavy atom. The van der Waals surface area contributed by atoms with E-state index in [0.29, 0.717) is 0 Å². The van der Waals surface area contributed by atoms with Crippen molar-refractivity contribution < 1.29 is 4.79 Å². The first-order valence-corrected chi connectivity index (χ1v) is 4.46. The average Bonchev–Trinajstić information content (AvgIpc) is 2.33. The standard InChI is InChI=1S/C7H10N2O2S/c1-4(2)8-6(10)5-3-12-9-7(5)11/h3-4H,1-2H3,(H,8,10)(H,9,11). The molecule has 5 heteroatoms. The van der Waals surface area contributed by atoms with Gasteiger partial charge in [0.1, 0.15) is 5.56 Å². The Labute approximate surface area is 73.8 Å². The molecule has 1 amide bonds. The smallest absolute Gasteiger partial charge is 0.270 e. The van der Waals surface area contributed by atoms with Gasteiger partial charge in [0.15, 0.2) is 0 Å². The molecule has 0 radical (unpaired) electrons. The third-order valence-corrected chi connectivity index (χ3v) is 1.89. The second kappa shape index (κ2) is 3.53. The molecule has 1 aromatic heterocycles. The van der Waals surface area contributed by atoms with Crippen LogP contribution in [0.3, 0.4) is 0 Å². The van der Waals surface area contributed by atoms with E-state index < -0.39 is 0 Å². The summed E-state index contributed by atoms with van der Waals surface area (Å²) in [5.74, 6) is -0.312. The van der Waals surface area contributed by atoms with Gasteiger partial charge < -0.3 is 5.32 Å². The van der Waals surface area contributed by atoms with Gasteiger partial charge in [0.25, 0.3) is 11.5 Å². The lowest BCUT2D eigenvalue weighted by atomic mass is 10.3. The van der Waals surface area contributed by atoms with Gasteiger partial charge in [0.05, 0.1) is 0 Å². The Hall–Kier alpha value is -1.10. The third kappa shape index (κ3) is 1.94. The molecule has 12 heavy (non-hydrogen) atoms. The van der Waals surface area contributed by atoms with Gasteiger partial charge >= 0.3 is 0 Å². The van der Waals surface area contributed by atoms with Crippen LogP contribution in [-0.4, -0.2) is 16.3 Å². The van der Waals surface area contributed by atoms with Crippen molar-refractivity contribution in [3.63, 3.8) is 0 Å². The molecule has 0 spiro atoms. The zero-order valence-corrected chi connectivity index (χ0v) is 7.70. The number of aromatic amines is 1. The summed E-state index contributed by atoms with van der Waals surface area (Å²) in [7, 11) is 0. The van der Waals surface area contributed by atoms with E-state index in [1.807, 2.05) is 13.8 Å². The maximum Gasteiger partial charge on any atom is 0.270 e. The first-order chi connectivity index (χ1) is 5.61. The molecule has 0 aromatic carbocycles. The highest BCUT2D eigenvalue weighted by Gasteiger charge is 2.11. The normalized spacial score (nSPS) is 10.2. The van der Waals surface area contributed by atoms with Crippen LogP contribution in [0.25, 0.3) is 0 Å². The third-order valence-electron chi connectivity index (χ3n) is 1.24. The number of nitrogens with one attached hydrogen (secondary N) is 2. The number of rotatable bonds is 2. The molecule has 66 valence electrons. The van der Waals surface area contributed by atoms with Crippen molar-refractivity contribution in [1.29, 1.82) is 0 Å². The van der Waals surface area contributed by atoms with Crippen LogP contribution in [0.2, 0.25) is 0 Å². The maximum absolute atomic E-state index is 11.2. The van der Waals surface area contributed by atoms with Crippen LogP contribution in [0, 0.1) is 0 Å². The van der Waals surface area contributed by atoms with Crippen LogP contribution in [0.5, 0.6) is 0 Å². The molecule has 1 aromatic rings. The minimum Gasteiger partial charge on any atom is -0.350 e. The number of carbonyl (C=O) groups excluding carboxylic acids is 1. The van der Waals surface area contributed by atoms with E-state index in [0.717, 1.165) is 11.5 Å². The van der Waals surface area contributed by atoms with Crippen molar-refractivity contribution in [3.8, 4) is 0 Å². The Morgan fingerprint density at radius 3 is 2.75 bits per heavy atom. The first-order valence-electron chi connectivity index (χ1n) is 3.58. The second-order valence-electron chi connectivity index (χ2n) is 2.71. The van der Waals surface area contributed by atoms with E-state index in [4.69, 9.17) is 0 Å². The Kier molecular flexibility index (Phi) is 2.65. The van der Waals surface area contributed by atoms with E-state index in [1.165, 1.54) is 5.38 Å². The predicted octanol–water partition coefficient (Wildman–Crippen LogP) is 0.575. The highest BCUT2D eigenvalue weighted by atomic mass is 32.1. The largest absolute Gasteiger partial charge is 0.350 e. The Morgan fingerprint density at radius 2 is 2.33 bits per heavy atom. The highest BCUT2D eigenvalue weighted by Crippen LogP contribution is 1.95. The van der Waals surface area contributed by atoms with Crippen molar-refractivity contribution in [2.75, 3.05) is 0 Å². The first kappa shape index (κ1) is 8.99. The fourth-order valence-electron chi connectivity index (χ4n) is 0.747. The summed E-state index contributed by atoms with van der Waals surface area (Å²) >= 11 is 1.12. The quantitative estimate of drug-likeness (QED) is 0.709. The summed E-state index contributed by atoms with van der Waals surface area (Å²) < 4.78 is 2.45. The fourth-order valence-corrected chi connectivity index (χ4v) is 1.35. The molecule has 4 nitrogen and oxygen atoms in total. The summed E-state index contributed by atoms with van der Waals surface area (Å²) in [5.41, 5.74) is -0.133. The number of hydrogen-bond donors (Lipinski definition) is 2. The topological polar surface area (TPSA) is 62.0 Å². The molecule has 0 aliphatic rings. The SMILES string of the molecule is CC(C)NC(=O)c1cs[nH]c1=O. The predicted molar refractivity (Wildman–Crippen MR) is 47.5 cm³/mol. The van der Waals surface area contributed by atoms with Crippen LogP contribution < -0.4 is 10.9 Å².